The Bertz CT molecular complexity index is 224. The number of methoxy groups -OCH3 is 1. The van der Waals surface area contributed by atoms with E-state index in [0.717, 1.165) is 18.4 Å². The van der Waals surface area contributed by atoms with E-state index in [-0.39, 0.29) is 6.29 Å². The summed E-state index contributed by atoms with van der Waals surface area (Å²) in [5.41, 5.74) is 0.509. The molecule has 1 atom stereocenters. The van der Waals surface area contributed by atoms with Crippen LogP contribution in [0.5, 0.6) is 0 Å². The third kappa shape index (κ3) is 6.76. The van der Waals surface area contributed by atoms with E-state index in [2.05, 4.69) is 20.8 Å². The maximum atomic E-state index is 5.52. The van der Waals surface area contributed by atoms with Gasteiger partial charge in [-0.15, -0.1) is 0 Å². The summed E-state index contributed by atoms with van der Waals surface area (Å²) in [7, 11) is 1.69. The van der Waals surface area contributed by atoms with Gasteiger partial charge in [0.05, 0.1) is 0 Å². The molecule has 114 valence electrons. The van der Waals surface area contributed by atoms with Gasteiger partial charge in [-0.05, 0) is 43.4 Å². The standard InChI is InChI=1S/C17H34O2/c1-14(18-5)19-13-7-6-8-15-9-11-16(12-10-15)17(2,3)4/h14-16H,6-13H2,1-5H3. The Morgan fingerprint density at radius 2 is 1.68 bits per heavy atom. The molecule has 2 nitrogen and oxygen atoms in total. The van der Waals surface area contributed by atoms with E-state index in [9.17, 15) is 0 Å². The summed E-state index contributed by atoms with van der Waals surface area (Å²) in [5, 5.41) is 0. The first kappa shape index (κ1) is 17.0. The molecule has 0 aromatic rings. The number of hydrogen-bond acceptors (Lipinski definition) is 2. The van der Waals surface area contributed by atoms with E-state index in [1.165, 1.54) is 44.9 Å². The predicted octanol–water partition coefficient (Wildman–Crippen LogP) is 5.02. The minimum Gasteiger partial charge on any atom is -0.356 e. The van der Waals surface area contributed by atoms with Crippen molar-refractivity contribution in [2.75, 3.05) is 13.7 Å². The zero-order valence-electron chi connectivity index (χ0n) is 13.7. The van der Waals surface area contributed by atoms with Gasteiger partial charge in [0, 0.05) is 13.7 Å². The van der Waals surface area contributed by atoms with Gasteiger partial charge in [-0.2, -0.15) is 0 Å². The van der Waals surface area contributed by atoms with Gasteiger partial charge in [-0.25, -0.2) is 0 Å². The second-order valence-corrected chi connectivity index (χ2v) is 7.25. The number of ether oxygens (including phenoxy) is 2. The third-order valence-electron chi connectivity index (χ3n) is 4.76. The average Bonchev–Trinajstić information content (AvgIpc) is 2.37. The molecule has 0 amide bonds. The molecule has 0 heterocycles. The first-order valence-electron chi connectivity index (χ1n) is 8.08. The summed E-state index contributed by atoms with van der Waals surface area (Å²) in [4.78, 5) is 0. The summed E-state index contributed by atoms with van der Waals surface area (Å²) < 4.78 is 10.6. The normalized spacial score (nSPS) is 26.4. The lowest BCUT2D eigenvalue weighted by molar-refractivity contribution is -0.111. The van der Waals surface area contributed by atoms with E-state index in [0.29, 0.717) is 5.41 Å². The lowest BCUT2D eigenvalue weighted by Crippen LogP contribution is -2.25. The highest BCUT2D eigenvalue weighted by Crippen LogP contribution is 2.40. The van der Waals surface area contributed by atoms with Crippen LogP contribution in [0.3, 0.4) is 0 Å². The molecule has 0 radical (unpaired) electrons. The van der Waals surface area contributed by atoms with Crippen LogP contribution in [0, 0.1) is 17.3 Å². The second kappa shape index (κ2) is 8.26. The Labute approximate surface area is 120 Å². The van der Waals surface area contributed by atoms with Crippen molar-refractivity contribution in [3.8, 4) is 0 Å². The van der Waals surface area contributed by atoms with E-state index < -0.39 is 0 Å². The van der Waals surface area contributed by atoms with Gasteiger partial charge in [-0.3, -0.25) is 0 Å². The first-order chi connectivity index (χ1) is 8.93. The average molecular weight is 270 g/mol. The lowest BCUT2D eigenvalue weighted by atomic mass is 9.69. The molecule has 0 aliphatic heterocycles. The smallest absolute Gasteiger partial charge is 0.154 e. The molecule has 0 N–H and O–H groups in total. The number of rotatable bonds is 7. The van der Waals surface area contributed by atoms with E-state index >= 15 is 0 Å². The van der Waals surface area contributed by atoms with Crippen LogP contribution in [0.2, 0.25) is 0 Å². The molecule has 0 spiro atoms. The predicted molar refractivity (Wildman–Crippen MR) is 81.2 cm³/mol. The number of hydrogen-bond donors (Lipinski definition) is 0. The fourth-order valence-electron chi connectivity index (χ4n) is 3.17. The highest BCUT2D eigenvalue weighted by Gasteiger charge is 2.29. The van der Waals surface area contributed by atoms with Gasteiger partial charge in [0.1, 0.15) is 0 Å². The molecular formula is C17H34O2. The van der Waals surface area contributed by atoms with Crippen molar-refractivity contribution in [1.29, 1.82) is 0 Å². The molecule has 1 fully saturated rings. The summed E-state index contributed by atoms with van der Waals surface area (Å²) >= 11 is 0. The highest BCUT2D eigenvalue weighted by atomic mass is 16.7. The summed E-state index contributed by atoms with van der Waals surface area (Å²) in [5.74, 6) is 1.91. The molecule has 1 saturated carbocycles. The van der Waals surface area contributed by atoms with Crippen molar-refractivity contribution < 1.29 is 9.47 Å². The van der Waals surface area contributed by atoms with Gasteiger partial charge in [0.15, 0.2) is 6.29 Å². The Morgan fingerprint density at radius 3 is 2.21 bits per heavy atom. The van der Waals surface area contributed by atoms with E-state index in [1.807, 2.05) is 6.92 Å². The SMILES string of the molecule is COC(C)OCCCCC1CCC(C(C)(C)C)CC1. The lowest BCUT2D eigenvalue weighted by Gasteiger charge is -2.37. The molecule has 2 heteroatoms. The van der Waals surface area contributed by atoms with Crippen LogP contribution in [-0.4, -0.2) is 20.0 Å². The first-order valence-corrected chi connectivity index (χ1v) is 8.08. The zero-order valence-corrected chi connectivity index (χ0v) is 13.7. The highest BCUT2D eigenvalue weighted by molar-refractivity contribution is 4.80. The van der Waals surface area contributed by atoms with Crippen LogP contribution in [-0.2, 0) is 9.47 Å². The Hall–Kier alpha value is -0.0800. The minimum atomic E-state index is -0.0535. The third-order valence-corrected chi connectivity index (χ3v) is 4.76. The van der Waals surface area contributed by atoms with E-state index in [1.54, 1.807) is 7.11 Å². The zero-order chi connectivity index (χ0) is 14.3. The van der Waals surface area contributed by atoms with Crippen LogP contribution < -0.4 is 0 Å². The molecular weight excluding hydrogens is 236 g/mol. The van der Waals surface area contributed by atoms with Crippen molar-refractivity contribution in [2.24, 2.45) is 17.3 Å². The molecule has 1 aliphatic rings. The minimum absolute atomic E-state index is 0.0535. The maximum Gasteiger partial charge on any atom is 0.154 e. The van der Waals surface area contributed by atoms with Crippen molar-refractivity contribution >= 4 is 0 Å². The fraction of sp³-hybridized carbons (Fsp3) is 1.00. The van der Waals surface area contributed by atoms with Crippen LogP contribution in [0.4, 0.5) is 0 Å². The van der Waals surface area contributed by atoms with Gasteiger partial charge in [0.2, 0.25) is 0 Å². The molecule has 1 rings (SSSR count). The summed E-state index contributed by atoms with van der Waals surface area (Å²) in [6, 6.07) is 0. The molecule has 0 bridgehead atoms. The van der Waals surface area contributed by atoms with Gasteiger partial charge in [0.25, 0.3) is 0 Å². The van der Waals surface area contributed by atoms with Gasteiger partial charge < -0.3 is 9.47 Å². The van der Waals surface area contributed by atoms with Crippen LogP contribution in [0.15, 0.2) is 0 Å². The van der Waals surface area contributed by atoms with Crippen molar-refractivity contribution in [3.63, 3.8) is 0 Å². The Kier molecular flexibility index (Phi) is 7.38. The summed E-state index contributed by atoms with van der Waals surface area (Å²) in [6.45, 7) is 9.98. The van der Waals surface area contributed by atoms with Crippen LogP contribution in [0.1, 0.15) is 72.6 Å². The second-order valence-electron chi connectivity index (χ2n) is 7.25. The largest absolute Gasteiger partial charge is 0.356 e. The Morgan fingerprint density at radius 1 is 1.05 bits per heavy atom. The van der Waals surface area contributed by atoms with Crippen molar-refractivity contribution in [3.05, 3.63) is 0 Å². The molecule has 0 aromatic carbocycles. The van der Waals surface area contributed by atoms with Gasteiger partial charge >= 0.3 is 0 Å². The molecule has 1 aliphatic carbocycles. The summed E-state index contributed by atoms with van der Waals surface area (Å²) in [6.07, 6.45) is 9.57. The van der Waals surface area contributed by atoms with Crippen LogP contribution >= 0.6 is 0 Å². The topological polar surface area (TPSA) is 18.5 Å². The molecule has 0 saturated heterocycles. The molecule has 1 unspecified atom stereocenters. The monoisotopic (exact) mass is 270 g/mol. The fourth-order valence-corrected chi connectivity index (χ4v) is 3.17. The Balaban J connectivity index is 2.04. The van der Waals surface area contributed by atoms with E-state index in [4.69, 9.17) is 9.47 Å². The number of unbranched alkanes of at least 4 members (excludes halogenated alkanes) is 1. The van der Waals surface area contributed by atoms with Crippen molar-refractivity contribution in [2.45, 2.75) is 78.9 Å². The molecule has 0 aromatic heterocycles. The quantitative estimate of drug-likeness (QED) is 0.478. The maximum absolute atomic E-state index is 5.52. The van der Waals surface area contributed by atoms with Crippen LogP contribution in [0.25, 0.3) is 0 Å². The van der Waals surface area contributed by atoms with Crippen molar-refractivity contribution in [1.82, 2.24) is 0 Å². The molecule has 19 heavy (non-hydrogen) atoms. The van der Waals surface area contributed by atoms with Gasteiger partial charge in [-0.1, -0.05) is 46.5 Å².